The second kappa shape index (κ2) is 9.39. The van der Waals surface area contributed by atoms with E-state index in [0.717, 1.165) is 0 Å². The lowest BCUT2D eigenvalue weighted by Crippen LogP contribution is -2.05. The highest BCUT2D eigenvalue weighted by Crippen LogP contribution is 2.06. The fraction of sp³-hybridized carbons (Fsp3) is 0.615. The van der Waals surface area contributed by atoms with E-state index in [4.69, 9.17) is 0 Å². The number of rotatable bonds is 8. The number of unbranched alkanes of at least 4 members (excludes halogenated alkanes) is 1. The van der Waals surface area contributed by atoms with E-state index in [-0.39, 0.29) is 30.6 Å². The number of esters is 2. The molecule has 0 aromatic rings. The lowest BCUT2D eigenvalue weighted by atomic mass is 10.1. The van der Waals surface area contributed by atoms with Gasteiger partial charge in [-0.1, -0.05) is 6.08 Å². The molecule has 0 unspecified atom stereocenters. The number of carbonyl (C=O) groups excluding carboxylic acids is 3. The van der Waals surface area contributed by atoms with E-state index in [0.29, 0.717) is 24.8 Å². The van der Waals surface area contributed by atoms with Gasteiger partial charge < -0.3 is 9.47 Å². The molecule has 0 rings (SSSR count). The van der Waals surface area contributed by atoms with Gasteiger partial charge in [-0.15, -0.1) is 0 Å². The van der Waals surface area contributed by atoms with Crippen molar-refractivity contribution in [2.45, 2.75) is 39.0 Å². The molecule has 0 radical (unpaired) electrons. The zero-order valence-electron chi connectivity index (χ0n) is 11.2. The summed E-state index contributed by atoms with van der Waals surface area (Å²) in [5.41, 5.74) is 0.541. The standard InChI is InChI=1S/C13H20O5/c1-10(13(16)18-3)6-4-5-7-11(14)8-9-12(15)17-2/h6H,4-5,7-9H2,1-3H3/b10-6-. The van der Waals surface area contributed by atoms with Gasteiger partial charge in [0.15, 0.2) is 0 Å². The Morgan fingerprint density at radius 1 is 1.00 bits per heavy atom. The molecular weight excluding hydrogens is 236 g/mol. The number of hydrogen-bond donors (Lipinski definition) is 0. The molecule has 0 spiro atoms. The third-order valence-corrected chi connectivity index (χ3v) is 2.45. The molecule has 5 heteroatoms. The first-order valence-electron chi connectivity index (χ1n) is 5.84. The minimum absolute atomic E-state index is 0.0320. The molecule has 0 atom stereocenters. The van der Waals surface area contributed by atoms with Crippen LogP contribution in [0.2, 0.25) is 0 Å². The van der Waals surface area contributed by atoms with Crippen molar-refractivity contribution in [2.75, 3.05) is 14.2 Å². The molecule has 102 valence electrons. The summed E-state index contributed by atoms with van der Waals surface area (Å²) in [5, 5.41) is 0. The molecule has 0 aliphatic carbocycles. The van der Waals surface area contributed by atoms with Gasteiger partial charge in [-0.05, 0) is 19.8 Å². The molecule has 0 fully saturated rings. The second-order valence-electron chi connectivity index (χ2n) is 3.89. The summed E-state index contributed by atoms with van der Waals surface area (Å²) in [6.45, 7) is 1.67. The number of methoxy groups -OCH3 is 2. The van der Waals surface area contributed by atoms with Crippen LogP contribution in [0, 0.1) is 0 Å². The van der Waals surface area contributed by atoms with Crippen LogP contribution in [0.15, 0.2) is 11.6 Å². The fourth-order valence-electron chi connectivity index (χ4n) is 1.33. The average Bonchev–Trinajstić information content (AvgIpc) is 2.39. The Kier molecular flexibility index (Phi) is 8.53. The van der Waals surface area contributed by atoms with Crippen molar-refractivity contribution in [3.05, 3.63) is 11.6 Å². The summed E-state index contributed by atoms with van der Waals surface area (Å²) < 4.78 is 8.99. The number of ether oxygens (including phenoxy) is 2. The van der Waals surface area contributed by atoms with Crippen molar-refractivity contribution in [3.63, 3.8) is 0 Å². The van der Waals surface area contributed by atoms with Crippen molar-refractivity contribution in [2.24, 2.45) is 0 Å². The van der Waals surface area contributed by atoms with Gasteiger partial charge in [0.2, 0.25) is 0 Å². The molecule has 0 amide bonds. The Morgan fingerprint density at radius 3 is 2.22 bits per heavy atom. The van der Waals surface area contributed by atoms with Crippen molar-refractivity contribution in [3.8, 4) is 0 Å². The Morgan fingerprint density at radius 2 is 1.67 bits per heavy atom. The molecule has 0 saturated heterocycles. The predicted molar refractivity (Wildman–Crippen MR) is 65.9 cm³/mol. The van der Waals surface area contributed by atoms with Crippen molar-refractivity contribution in [1.82, 2.24) is 0 Å². The van der Waals surface area contributed by atoms with E-state index < -0.39 is 0 Å². The minimum atomic E-state index is -0.371. The fourth-order valence-corrected chi connectivity index (χ4v) is 1.33. The van der Waals surface area contributed by atoms with E-state index >= 15 is 0 Å². The van der Waals surface area contributed by atoms with Crippen LogP contribution in [-0.4, -0.2) is 31.9 Å². The summed E-state index contributed by atoms with van der Waals surface area (Å²) in [4.78, 5) is 33.2. The van der Waals surface area contributed by atoms with Gasteiger partial charge in [-0.2, -0.15) is 0 Å². The van der Waals surface area contributed by atoms with Crippen molar-refractivity contribution in [1.29, 1.82) is 0 Å². The topological polar surface area (TPSA) is 69.7 Å². The van der Waals surface area contributed by atoms with Crippen LogP contribution in [-0.2, 0) is 23.9 Å². The van der Waals surface area contributed by atoms with Crippen LogP contribution < -0.4 is 0 Å². The van der Waals surface area contributed by atoms with Gasteiger partial charge in [0, 0.05) is 18.4 Å². The van der Waals surface area contributed by atoms with E-state index in [9.17, 15) is 14.4 Å². The highest BCUT2D eigenvalue weighted by atomic mass is 16.5. The first kappa shape index (κ1) is 16.4. The monoisotopic (exact) mass is 256 g/mol. The van der Waals surface area contributed by atoms with Crippen LogP contribution in [0.3, 0.4) is 0 Å². The van der Waals surface area contributed by atoms with Gasteiger partial charge in [0.05, 0.1) is 20.6 Å². The summed E-state index contributed by atoms with van der Waals surface area (Å²) in [5.74, 6) is -0.693. The van der Waals surface area contributed by atoms with Crippen LogP contribution >= 0.6 is 0 Å². The third-order valence-electron chi connectivity index (χ3n) is 2.45. The summed E-state index contributed by atoms with van der Waals surface area (Å²) in [6.07, 6.45) is 3.80. The van der Waals surface area contributed by atoms with Crippen LogP contribution in [0.4, 0.5) is 0 Å². The Hall–Kier alpha value is -1.65. The number of carbonyl (C=O) groups is 3. The van der Waals surface area contributed by atoms with E-state index in [1.54, 1.807) is 13.0 Å². The molecule has 5 nitrogen and oxygen atoms in total. The third kappa shape index (κ3) is 7.60. The average molecular weight is 256 g/mol. The molecule has 0 aromatic carbocycles. The normalized spacial score (nSPS) is 10.9. The maximum absolute atomic E-state index is 11.4. The van der Waals surface area contributed by atoms with Crippen LogP contribution in [0.1, 0.15) is 39.0 Å². The van der Waals surface area contributed by atoms with E-state index in [1.807, 2.05) is 0 Å². The van der Waals surface area contributed by atoms with Crippen molar-refractivity contribution < 1.29 is 23.9 Å². The summed E-state index contributed by atoms with van der Waals surface area (Å²) in [6, 6.07) is 0. The highest BCUT2D eigenvalue weighted by molar-refractivity contribution is 5.87. The van der Waals surface area contributed by atoms with Gasteiger partial charge >= 0.3 is 11.9 Å². The predicted octanol–water partition coefficient (Wildman–Crippen LogP) is 1.80. The largest absolute Gasteiger partial charge is 0.469 e. The van der Waals surface area contributed by atoms with Crippen LogP contribution in [0.25, 0.3) is 0 Å². The maximum atomic E-state index is 11.4. The number of allylic oxidation sites excluding steroid dienone is 1. The Bertz CT molecular complexity index is 330. The molecule has 0 heterocycles. The minimum Gasteiger partial charge on any atom is -0.469 e. The molecular formula is C13H20O5. The maximum Gasteiger partial charge on any atom is 0.333 e. The van der Waals surface area contributed by atoms with Crippen LogP contribution in [0.5, 0.6) is 0 Å². The van der Waals surface area contributed by atoms with Gasteiger partial charge in [0.25, 0.3) is 0 Å². The van der Waals surface area contributed by atoms with Gasteiger partial charge in [0.1, 0.15) is 5.78 Å². The quantitative estimate of drug-likeness (QED) is 0.376. The summed E-state index contributed by atoms with van der Waals surface area (Å²) >= 11 is 0. The molecule has 0 N–H and O–H groups in total. The number of hydrogen-bond acceptors (Lipinski definition) is 5. The number of Topliss-reactive ketones (excluding diaryl/α,β-unsaturated/α-hetero) is 1. The Balaban J connectivity index is 3.75. The first-order chi connectivity index (χ1) is 8.51. The smallest absolute Gasteiger partial charge is 0.333 e. The molecule has 0 bridgehead atoms. The van der Waals surface area contributed by atoms with E-state index in [1.165, 1.54) is 14.2 Å². The molecule has 0 aromatic heterocycles. The molecule has 0 aliphatic rings. The molecule has 0 aliphatic heterocycles. The Labute approximate surface area is 107 Å². The van der Waals surface area contributed by atoms with Gasteiger partial charge in [-0.25, -0.2) is 4.79 Å². The van der Waals surface area contributed by atoms with Crippen molar-refractivity contribution >= 4 is 17.7 Å². The lowest BCUT2D eigenvalue weighted by molar-refractivity contribution is -0.142. The highest BCUT2D eigenvalue weighted by Gasteiger charge is 2.07. The molecule has 18 heavy (non-hydrogen) atoms. The van der Waals surface area contributed by atoms with Gasteiger partial charge in [-0.3, -0.25) is 9.59 Å². The zero-order chi connectivity index (χ0) is 14.0. The lowest BCUT2D eigenvalue weighted by Gasteiger charge is -2.00. The second-order valence-corrected chi connectivity index (χ2v) is 3.89. The SMILES string of the molecule is COC(=O)CCC(=O)CCC/C=C(/C)C(=O)OC. The number of ketones is 1. The molecule has 0 saturated carbocycles. The first-order valence-corrected chi connectivity index (χ1v) is 5.84. The zero-order valence-corrected chi connectivity index (χ0v) is 11.2. The summed E-state index contributed by atoms with van der Waals surface area (Å²) in [7, 11) is 2.63. The van der Waals surface area contributed by atoms with E-state index in [2.05, 4.69) is 9.47 Å².